The Bertz CT molecular complexity index is 552. The second-order valence-corrected chi connectivity index (χ2v) is 7.86. The summed E-state index contributed by atoms with van der Waals surface area (Å²) in [6, 6.07) is 12.7. The second-order valence-electron chi connectivity index (χ2n) is 7.86. The molecule has 170 valence electrons. The highest BCUT2D eigenvalue weighted by atomic mass is 16.9. The van der Waals surface area contributed by atoms with Crippen molar-refractivity contribution in [1.82, 2.24) is 0 Å². The van der Waals surface area contributed by atoms with Crippen LogP contribution in [0.4, 0.5) is 0 Å². The zero-order valence-electron chi connectivity index (χ0n) is 19.7. The summed E-state index contributed by atoms with van der Waals surface area (Å²) in [6.45, 7) is 9.79. The van der Waals surface area contributed by atoms with E-state index in [0.29, 0.717) is 26.2 Å². The van der Waals surface area contributed by atoms with Crippen molar-refractivity contribution in [1.29, 1.82) is 5.26 Å². The Morgan fingerprint density at radius 2 is 1.40 bits per heavy atom. The number of nitrogens with zero attached hydrogens (tertiary/aromatic N) is 1. The van der Waals surface area contributed by atoms with Crippen LogP contribution in [0.3, 0.4) is 0 Å². The summed E-state index contributed by atoms with van der Waals surface area (Å²) < 4.78 is 18.5. The number of hydrogen-bond donors (Lipinski definition) is 0. The van der Waals surface area contributed by atoms with Gasteiger partial charge in [-0.2, -0.15) is 5.26 Å². The molecule has 0 aromatic heterocycles. The fourth-order valence-corrected chi connectivity index (χ4v) is 4.21. The minimum atomic E-state index is -1.04. The maximum Gasteiger partial charge on any atom is 0.285 e. The van der Waals surface area contributed by atoms with E-state index >= 15 is 0 Å². The fraction of sp³-hybridized carbons (Fsp3) is 0.731. The maximum absolute atomic E-state index is 9.48. The lowest BCUT2D eigenvalue weighted by Gasteiger charge is -2.40. The molecule has 0 aliphatic heterocycles. The molecule has 0 heterocycles. The molecule has 0 spiro atoms. The van der Waals surface area contributed by atoms with Crippen molar-refractivity contribution in [2.24, 2.45) is 5.92 Å². The molecule has 2 unspecified atom stereocenters. The monoisotopic (exact) mass is 417 g/mol. The topological polar surface area (TPSA) is 51.5 Å². The Morgan fingerprint density at radius 1 is 0.833 bits per heavy atom. The van der Waals surface area contributed by atoms with E-state index in [0.717, 1.165) is 19.3 Å². The molecule has 0 fully saturated rings. The summed E-state index contributed by atoms with van der Waals surface area (Å²) in [7, 11) is 0. The van der Waals surface area contributed by atoms with E-state index in [9.17, 15) is 5.26 Å². The Labute approximate surface area is 184 Å². The first-order valence-corrected chi connectivity index (χ1v) is 12.0. The van der Waals surface area contributed by atoms with Gasteiger partial charge in [0.15, 0.2) is 0 Å². The van der Waals surface area contributed by atoms with E-state index in [1.807, 2.05) is 39.0 Å². The molecule has 1 aromatic carbocycles. The molecule has 4 heteroatoms. The highest BCUT2D eigenvalue weighted by Gasteiger charge is 2.43. The summed E-state index contributed by atoms with van der Waals surface area (Å²) in [5.41, 5.74) is 1.20. The molecular formula is C26H43NO3. The molecule has 0 bridgehead atoms. The van der Waals surface area contributed by atoms with Crippen LogP contribution in [0.5, 0.6) is 0 Å². The third-order valence-electron chi connectivity index (χ3n) is 5.62. The number of hydrogen-bond acceptors (Lipinski definition) is 4. The zero-order valence-corrected chi connectivity index (χ0v) is 19.7. The van der Waals surface area contributed by atoms with Crippen molar-refractivity contribution < 1.29 is 14.2 Å². The highest BCUT2D eigenvalue weighted by molar-refractivity contribution is 5.20. The van der Waals surface area contributed by atoms with Gasteiger partial charge in [0.05, 0.1) is 6.07 Å². The van der Waals surface area contributed by atoms with Crippen LogP contribution in [0.25, 0.3) is 0 Å². The number of unbranched alkanes of at least 4 members (excludes halogenated alkanes) is 5. The van der Waals surface area contributed by atoms with E-state index in [-0.39, 0.29) is 11.8 Å². The first-order valence-electron chi connectivity index (χ1n) is 12.0. The minimum absolute atomic E-state index is 0.0714. The van der Waals surface area contributed by atoms with E-state index in [4.69, 9.17) is 14.2 Å². The summed E-state index contributed by atoms with van der Waals surface area (Å²) in [4.78, 5) is 0. The predicted molar refractivity (Wildman–Crippen MR) is 123 cm³/mol. The molecular weight excluding hydrogens is 374 g/mol. The lowest BCUT2D eigenvalue weighted by atomic mass is 9.83. The van der Waals surface area contributed by atoms with Gasteiger partial charge < -0.3 is 14.2 Å². The van der Waals surface area contributed by atoms with Crippen molar-refractivity contribution >= 4 is 0 Å². The van der Waals surface area contributed by atoms with Crippen molar-refractivity contribution in [2.45, 2.75) is 97.4 Å². The first-order chi connectivity index (χ1) is 14.7. The molecule has 0 saturated heterocycles. The average Bonchev–Trinajstić information content (AvgIpc) is 2.75. The van der Waals surface area contributed by atoms with Crippen LogP contribution in [0.2, 0.25) is 0 Å². The van der Waals surface area contributed by atoms with Crippen LogP contribution in [-0.2, 0) is 14.2 Å². The predicted octanol–water partition coefficient (Wildman–Crippen LogP) is 7.20. The quantitative estimate of drug-likeness (QED) is 0.187. The van der Waals surface area contributed by atoms with Gasteiger partial charge in [0, 0.05) is 32.2 Å². The molecule has 0 aliphatic carbocycles. The number of benzene rings is 1. The maximum atomic E-state index is 9.48. The van der Waals surface area contributed by atoms with Gasteiger partial charge in [0.2, 0.25) is 0 Å². The summed E-state index contributed by atoms with van der Waals surface area (Å²) >= 11 is 0. The van der Waals surface area contributed by atoms with Crippen LogP contribution < -0.4 is 0 Å². The molecule has 0 N–H and O–H groups in total. The van der Waals surface area contributed by atoms with E-state index in [1.165, 1.54) is 37.7 Å². The fourth-order valence-electron chi connectivity index (χ4n) is 4.21. The molecule has 2 atom stereocenters. The third kappa shape index (κ3) is 9.16. The van der Waals surface area contributed by atoms with Crippen LogP contribution in [-0.4, -0.2) is 25.8 Å². The van der Waals surface area contributed by atoms with Crippen LogP contribution >= 0.6 is 0 Å². The Morgan fingerprint density at radius 3 is 1.93 bits per heavy atom. The number of nitriles is 1. The lowest BCUT2D eigenvalue weighted by molar-refractivity contribution is -0.403. The molecule has 1 aromatic rings. The smallest absolute Gasteiger partial charge is 0.285 e. The van der Waals surface area contributed by atoms with Crippen molar-refractivity contribution in [2.75, 3.05) is 19.8 Å². The van der Waals surface area contributed by atoms with Crippen molar-refractivity contribution in [3.8, 4) is 6.07 Å². The van der Waals surface area contributed by atoms with Gasteiger partial charge in [0.25, 0.3) is 5.97 Å². The van der Waals surface area contributed by atoms with E-state index in [1.54, 1.807) is 0 Å². The second kappa shape index (κ2) is 16.3. The van der Waals surface area contributed by atoms with E-state index in [2.05, 4.69) is 25.1 Å². The van der Waals surface area contributed by atoms with E-state index < -0.39 is 5.97 Å². The summed E-state index contributed by atoms with van der Waals surface area (Å²) in [6.07, 6.45) is 9.75. The third-order valence-corrected chi connectivity index (χ3v) is 5.62. The minimum Gasteiger partial charge on any atom is -0.328 e. The van der Waals surface area contributed by atoms with Crippen molar-refractivity contribution in [3.63, 3.8) is 0 Å². The van der Waals surface area contributed by atoms with Gasteiger partial charge in [-0.25, -0.2) is 0 Å². The van der Waals surface area contributed by atoms with Gasteiger partial charge >= 0.3 is 0 Å². The zero-order chi connectivity index (χ0) is 22.1. The van der Waals surface area contributed by atoms with Gasteiger partial charge in [-0.15, -0.1) is 0 Å². The molecule has 0 amide bonds. The Hall–Kier alpha value is -1.41. The largest absolute Gasteiger partial charge is 0.328 e. The van der Waals surface area contributed by atoms with Crippen molar-refractivity contribution in [3.05, 3.63) is 35.9 Å². The standard InChI is InChI=1S/C26H43NO3/c1-5-9-10-11-12-16-19-25(26(28-6-2,29-7-3)30-8-4)22-24(20-21-27)23-17-14-13-15-18-23/h13-15,17-18,24-25H,5-12,16,19-20,22H2,1-4H3. The molecule has 30 heavy (non-hydrogen) atoms. The highest BCUT2D eigenvalue weighted by Crippen LogP contribution is 2.39. The SMILES string of the molecule is CCCCCCCCC(CC(CC#N)c1ccccc1)C(OCC)(OCC)OCC. The van der Waals surface area contributed by atoms with Crippen LogP contribution in [0, 0.1) is 17.2 Å². The first kappa shape index (κ1) is 26.6. The van der Waals surface area contributed by atoms with Crippen LogP contribution in [0.1, 0.15) is 97.0 Å². The molecule has 1 rings (SSSR count). The van der Waals surface area contributed by atoms with Gasteiger partial charge in [-0.05, 0) is 45.1 Å². The molecule has 0 aliphatic rings. The molecule has 0 radical (unpaired) electrons. The normalized spacial score (nSPS) is 13.7. The van der Waals surface area contributed by atoms with Gasteiger partial charge in [-0.1, -0.05) is 75.8 Å². The summed E-state index contributed by atoms with van der Waals surface area (Å²) in [5.74, 6) is -0.825. The Balaban J connectivity index is 3.04. The van der Waals surface area contributed by atoms with Gasteiger partial charge in [-0.3, -0.25) is 0 Å². The molecule has 0 saturated carbocycles. The van der Waals surface area contributed by atoms with Crippen LogP contribution in [0.15, 0.2) is 30.3 Å². The lowest BCUT2D eigenvalue weighted by Crippen LogP contribution is -2.47. The number of rotatable bonds is 18. The van der Waals surface area contributed by atoms with Gasteiger partial charge in [0.1, 0.15) is 0 Å². The Kier molecular flexibility index (Phi) is 14.5. The average molecular weight is 418 g/mol. The summed E-state index contributed by atoms with van der Waals surface area (Å²) in [5, 5.41) is 9.48. The molecule has 4 nitrogen and oxygen atoms in total. The number of ether oxygens (including phenoxy) is 3.